The third-order valence-corrected chi connectivity index (χ3v) is 4.06. The van der Waals surface area contributed by atoms with Gasteiger partial charge in [-0.25, -0.2) is 0 Å². The van der Waals surface area contributed by atoms with Crippen LogP contribution in [0.4, 0.5) is 24.5 Å². The number of rotatable bonds is 6. The fraction of sp³-hybridized carbons (Fsp3) is 0.278. The molecule has 0 aromatic heterocycles. The Balaban J connectivity index is 1.98. The molecule has 0 fully saturated rings. The summed E-state index contributed by atoms with van der Waals surface area (Å²) >= 11 is 6.01. The van der Waals surface area contributed by atoms with Crippen molar-refractivity contribution in [1.82, 2.24) is 0 Å². The van der Waals surface area contributed by atoms with E-state index in [0.717, 1.165) is 11.6 Å². The molecule has 0 saturated heterocycles. The number of aryl methyl sites for hydroxylation is 1. The van der Waals surface area contributed by atoms with E-state index in [1.807, 2.05) is 0 Å². The molecule has 0 bridgehead atoms. The zero-order chi connectivity index (χ0) is 19.3. The number of para-hydroxylation sites is 1. The predicted octanol–water partition coefficient (Wildman–Crippen LogP) is 5.12. The number of nitrogens with one attached hydrogen (secondary N) is 2. The van der Waals surface area contributed by atoms with Gasteiger partial charge in [-0.15, -0.1) is 0 Å². The van der Waals surface area contributed by atoms with Crippen LogP contribution in [0, 0.1) is 6.92 Å². The van der Waals surface area contributed by atoms with Gasteiger partial charge in [0.2, 0.25) is 5.91 Å². The molecule has 2 rings (SSSR count). The molecule has 1 amide bonds. The fourth-order valence-electron chi connectivity index (χ4n) is 2.34. The van der Waals surface area contributed by atoms with Crippen LogP contribution >= 0.6 is 11.6 Å². The summed E-state index contributed by atoms with van der Waals surface area (Å²) in [4.78, 5) is 12.1. The number of ether oxygens (including phenoxy) is 1. The van der Waals surface area contributed by atoms with E-state index in [9.17, 15) is 18.0 Å². The summed E-state index contributed by atoms with van der Waals surface area (Å²) in [6, 6.07) is 8.39. The highest BCUT2D eigenvalue weighted by molar-refractivity contribution is 6.31. The Morgan fingerprint density at radius 2 is 1.88 bits per heavy atom. The van der Waals surface area contributed by atoms with Gasteiger partial charge in [-0.3, -0.25) is 4.79 Å². The third kappa shape index (κ3) is 5.05. The van der Waals surface area contributed by atoms with E-state index in [1.165, 1.54) is 25.3 Å². The average molecular weight is 387 g/mol. The van der Waals surface area contributed by atoms with Crippen molar-refractivity contribution in [2.45, 2.75) is 19.5 Å². The highest BCUT2D eigenvalue weighted by Gasteiger charge is 2.33. The molecule has 0 aliphatic carbocycles. The van der Waals surface area contributed by atoms with Gasteiger partial charge in [0.25, 0.3) is 0 Å². The van der Waals surface area contributed by atoms with Gasteiger partial charge in [-0.2, -0.15) is 13.2 Å². The van der Waals surface area contributed by atoms with E-state index in [4.69, 9.17) is 16.3 Å². The summed E-state index contributed by atoms with van der Waals surface area (Å²) < 4.78 is 44.0. The van der Waals surface area contributed by atoms with Crippen molar-refractivity contribution >= 4 is 28.9 Å². The summed E-state index contributed by atoms with van der Waals surface area (Å²) in [6.07, 6.45) is -4.48. The predicted molar refractivity (Wildman–Crippen MR) is 95.9 cm³/mol. The van der Waals surface area contributed by atoms with Gasteiger partial charge in [0, 0.05) is 29.7 Å². The van der Waals surface area contributed by atoms with E-state index in [0.29, 0.717) is 16.5 Å². The van der Waals surface area contributed by atoms with Gasteiger partial charge < -0.3 is 15.4 Å². The van der Waals surface area contributed by atoms with Crippen molar-refractivity contribution in [3.8, 4) is 5.75 Å². The monoisotopic (exact) mass is 386 g/mol. The Bertz CT molecular complexity index is 794. The molecule has 2 aromatic rings. The first-order chi connectivity index (χ1) is 12.2. The maximum Gasteiger partial charge on any atom is 0.418 e. The molecule has 0 aliphatic rings. The van der Waals surface area contributed by atoms with Crippen LogP contribution in [0.5, 0.6) is 5.75 Å². The van der Waals surface area contributed by atoms with E-state index in [1.54, 1.807) is 19.1 Å². The lowest BCUT2D eigenvalue weighted by Gasteiger charge is -2.15. The summed E-state index contributed by atoms with van der Waals surface area (Å²) in [5.74, 6) is 0.0475. The number of amides is 1. The molecule has 0 saturated carbocycles. The number of hydrogen-bond donors (Lipinski definition) is 2. The van der Waals surface area contributed by atoms with Crippen LogP contribution in [0.25, 0.3) is 0 Å². The van der Waals surface area contributed by atoms with Crippen molar-refractivity contribution in [3.63, 3.8) is 0 Å². The maximum absolute atomic E-state index is 12.9. The molecular formula is C18H18ClF3N2O2. The molecular weight excluding hydrogens is 369 g/mol. The molecule has 0 unspecified atom stereocenters. The number of methoxy groups -OCH3 is 1. The number of benzene rings is 2. The summed E-state index contributed by atoms with van der Waals surface area (Å²) in [6.45, 7) is 1.83. The van der Waals surface area contributed by atoms with Gasteiger partial charge in [0.15, 0.2) is 0 Å². The standard InChI is InChI=1S/C18H18ClF3N2O2/c1-11-9-15(16(26-2)10-13(11)19)24-17(25)7-8-23-14-6-4-3-5-12(14)18(20,21)22/h3-6,9-10,23H,7-8H2,1-2H3,(H,24,25). The number of anilines is 2. The quantitative estimate of drug-likeness (QED) is 0.724. The van der Waals surface area contributed by atoms with E-state index in [2.05, 4.69) is 10.6 Å². The second-order valence-electron chi connectivity index (χ2n) is 5.57. The molecule has 0 radical (unpaired) electrons. The van der Waals surface area contributed by atoms with Crippen molar-refractivity contribution in [1.29, 1.82) is 0 Å². The first kappa shape index (κ1) is 19.9. The lowest BCUT2D eigenvalue weighted by molar-refractivity contribution is -0.137. The van der Waals surface area contributed by atoms with Crippen LogP contribution in [0.3, 0.4) is 0 Å². The van der Waals surface area contributed by atoms with Crippen LogP contribution in [0.15, 0.2) is 36.4 Å². The van der Waals surface area contributed by atoms with Crippen LogP contribution in [0.1, 0.15) is 17.5 Å². The second kappa shape index (κ2) is 8.31. The molecule has 2 aromatic carbocycles. The number of carbonyl (C=O) groups excluding carboxylic acids is 1. The lowest BCUT2D eigenvalue weighted by atomic mass is 10.1. The molecule has 0 heterocycles. The number of carbonyl (C=O) groups is 1. The van der Waals surface area contributed by atoms with Gasteiger partial charge >= 0.3 is 6.18 Å². The topological polar surface area (TPSA) is 50.4 Å². The number of hydrogen-bond acceptors (Lipinski definition) is 3. The summed E-state index contributed by atoms with van der Waals surface area (Å²) in [7, 11) is 1.45. The largest absolute Gasteiger partial charge is 0.495 e. The van der Waals surface area contributed by atoms with Crippen LogP contribution in [0.2, 0.25) is 5.02 Å². The smallest absolute Gasteiger partial charge is 0.418 e. The first-order valence-electron chi connectivity index (χ1n) is 7.76. The van der Waals surface area contributed by atoms with Gasteiger partial charge in [-0.1, -0.05) is 23.7 Å². The lowest BCUT2D eigenvalue weighted by Crippen LogP contribution is -2.18. The van der Waals surface area contributed by atoms with E-state index in [-0.39, 0.29) is 24.6 Å². The minimum atomic E-state index is -4.46. The first-order valence-corrected chi connectivity index (χ1v) is 8.14. The van der Waals surface area contributed by atoms with Crippen molar-refractivity contribution in [2.24, 2.45) is 0 Å². The van der Waals surface area contributed by atoms with Crippen molar-refractivity contribution in [2.75, 3.05) is 24.3 Å². The molecule has 0 aliphatic heterocycles. The summed E-state index contributed by atoms with van der Waals surface area (Å²) in [5, 5.41) is 5.83. The minimum absolute atomic E-state index is 0.0168. The third-order valence-electron chi connectivity index (χ3n) is 3.65. The van der Waals surface area contributed by atoms with E-state index < -0.39 is 11.7 Å². The maximum atomic E-state index is 12.9. The average Bonchev–Trinajstić information content (AvgIpc) is 2.57. The Morgan fingerprint density at radius 3 is 2.54 bits per heavy atom. The Labute approximate surface area is 154 Å². The normalized spacial score (nSPS) is 11.2. The van der Waals surface area contributed by atoms with Crippen molar-refractivity contribution in [3.05, 3.63) is 52.5 Å². The van der Waals surface area contributed by atoms with Crippen LogP contribution < -0.4 is 15.4 Å². The molecule has 4 nitrogen and oxygen atoms in total. The molecule has 26 heavy (non-hydrogen) atoms. The highest BCUT2D eigenvalue weighted by Crippen LogP contribution is 2.34. The highest BCUT2D eigenvalue weighted by atomic mass is 35.5. The van der Waals surface area contributed by atoms with Crippen LogP contribution in [-0.2, 0) is 11.0 Å². The molecule has 2 N–H and O–H groups in total. The van der Waals surface area contributed by atoms with Gasteiger partial charge in [0.05, 0.1) is 18.4 Å². The number of halogens is 4. The Hall–Kier alpha value is -2.41. The zero-order valence-electron chi connectivity index (χ0n) is 14.2. The van der Waals surface area contributed by atoms with Gasteiger partial charge in [0.1, 0.15) is 5.75 Å². The molecule has 0 atom stereocenters. The van der Waals surface area contributed by atoms with Crippen LogP contribution in [-0.4, -0.2) is 19.6 Å². The summed E-state index contributed by atoms with van der Waals surface area (Å²) in [5.41, 5.74) is 0.387. The Kier molecular flexibility index (Phi) is 6.37. The van der Waals surface area contributed by atoms with E-state index >= 15 is 0 Å². The molecule has 8 heteroatoms. The number of alkyl halides is 3. The SMILES string of the molecule is COc1cc(Cl)c(C)cc1NC(=O)CCNc1ccccc1C(F)(F)F. The van der Waals surface area contributed by atoms with Gasteiger partial charge in [-0.05, 0) is 30.7 Å². The zero-order valence-corrected chi connectivity index (χ0v) is 15.0. The molecule has 0 spiro atoms. The minimum Gasteiger partial charge on any atom is -0.495 e. The van der Waals surface area contributed by atoms with Crippen molar-refractivity contribution < 1.29 is 22.7 Å². The molecule has 140 valence electrons. The fourth-order valence-corrected chi connectivity index (χ4v) is 2.49. The Morgan fingerprint density at radius 1 is 1.19 bits per heavy atom. The second-order valence-corrected chi connectivity index (χ2v) is 5.98.